The summed E-state index contributed by atoms with van der Waals surface area (Å²) in [5, 5.41) is 3.72. The first-order valence-corrected chi connectivity index (χ1v) is 13.2. The van der Waals surface area contributed by atoms with Gasteiger partial charge in [0.05, 0.1) is 32.8 Å². The van der Waals surface area contributed by atoms with Gasteiger partial charge in [0.25, 0.3) is 0 Å². The molecule has 32 heavy (non-hydrogen) atoms. The fourth-order valence-electron chi connectivity index (χ4n) is 3.90. The fraction of sp³-hybridized carbons (Fsp3) is 0.409. The standard InChI is InChI=1S/C22H25ClN2O5S2/c1-29-19-4-2-15(12-21(19)32(27,28)25-7-9-30-10-8-25)13-22(26)24-18-6-11-31-20-5-3-16(23)14-17(18)20/h2-5,12,14,18H,6-11,13H2,1H3,(H,24,26)/t18-/m0/s1. The molecule has 0 aliphatic carbocycles. The Bertz CT molecular complexity index is 1100. The van der Waals surface area contributed by atoms with E-state index in [1.165, 1.54) is 17.5 Å². The molecule has 2 heterocycles. The number of nitrogens with zero attached hydrogens (tertiary/aromatic N) is 1. The van der Waals surface area contributed by atoms with E-state index in [2.05, 4.69) is 5.32 Å². The Labute approximate surface area is 197 Å². The van der Waals surface area contributed by atoms with Gasteiger partial charge in [-0.2, -0.15) is 4.31 Å². The third-order valence-corrected chi connectivity index (χ3v) is 8.80. The maximum Gasteiger partial charge on any atom is 0.246 e. The Morgan fingerprint density at radius 2 is 2.03 bits per heavy atom. The summed E-state index contributed by atoms with van der Waals surface area (Å²) in [6.07, 6.45) is 0.873. The van der Waals surface area contributed by atoms with Crippen molar-refractivity contribution in [3.8, 4) is 5.75 Å². The van der Waals surface area contributed by atoms with Crippen LogP contribution in [0.1, 0.15) is 23.6 Å². The highest BCUT2D eigenvalue weighted by molar-refractivity contribution is 7.99. The molecule has 172 valence electrons. The van der Waals surface area contributed by atoms with E-state index in [9.17, 15) is 13.2 Å². The normalized spacial score (nSPS) is 19.2. The predicted molar refractivity (Wildman–Crippen MR) is 124 cm³/mol. The maximum atomic E-state index is 13.2. The number of hydrogen-bond donors (Lipinski definition) is 1. The van der Waals surface area contributed by atoms with E-state index in [0.29, 0.717) is 23.8 Å². The van der Waals surface area contributed by atoms with E-state index in [4.69, 9.17) is 21.1 Å². The number of sulfonamides is 1. The van der Waals surface area contributed by atoms with Crippen LogP contribution < -0.4 is 10.1 Å². The monoisotopic (exact) mass is 496 g/mol. The van der Waals surface area contributed by atoms with E-state index >= 15 is 0 Å². The van der Waals surface area contributed by atoms with Crippen molar-refractivity contribution in [2.45, 2.75) is 28.7 Å². The second-order valence-corrected chi connectivity index (χ2v) is 11.1. The molecule has 0 bridgehead atoms. The minimum absolute atomic E-state index is 0.0647. The smallest absolute Gasteiger partial charge is 0.246 e. The lowest BCUT2D eigenvalue weighted by Crippen LogP contribution is -2.40. The number of rotatable bonds is 6. The summed E-state index contributed by atoms with van der Waals surface area (Å²) < 4.78 is 38.3. The van der Waals surface area contributed by atoms with Crippen molar-refractivity contribution in [1.29, 1.82) is 0 Å². The molecule has 0 unspecified atom stereocenters. The molecule has 0 radical (unpaired) electrons. The number of halogens is 1. The van der Waals surface area contributed by atoms with Crippen molar-refractivity contribution < 1.29 is 22.7 Å². The van der Waals surface area contributed by atoms with Crippen LogP contribution in [0.15, 0.2) is 46.2 Å². The molecule has 1 atom stereocenters. The highest BCUT2D eigenvalue weighted by Gasteiger charge is 2.30. The van der Waals surface area contributed by atoms with Crippen molar-refractivity contribution in [2.24, 2.45) is 0 Å². The molecule has 7 nitrogen and oxygen atoms in total. The van der Waals surface area contributed by atoms with Gasteiger partial charge in [-0.1, -0.05) is 17.7 Å². The number of amides is 1. The topological polar surface area (TPSA) is 84.9 Å². The minimum Gasteiger partial charge on any atom is -0.495 e. The highest BCUT2D eigenvalue weighted by Crippen LogP contribution is 2.37. The second-order valence-electron chi connectivity index (χ2n) is 7.62. The van der Waals surface area contributed by atoms with Gasteiger partial charge in [0.2, 0.25) is 15.9 Å². The SMILES string of the molecule is COc1ccc(CC(=O)N[C@H]2CCSc3ccc(Cl)cc32)cc1S(=O)(=O)N1CCOCC1. The zero-order chi connectivity index (χ0) is 22.7. The average Bonchev–Trinajstić information content (AvgIpc) is 2.80. The summed E-state index contributed by atoms with van der Waals surface area (Å²) in [6, 6.07) is 10.5. The van der Waals surface area contributed by atoms with Gasteiger partial charge in [-0.25, -0.2) is 8.42 Å². The van der Waals surface area contributed by atoms with Crippen LogP contribution in [0.3, 0.4) is 0 Å². The highest BCUT2D eigenvalue weighted by atomic mass is 35.5. The van der Waals surface area contributed by atoms with Crippen LogP contribution in [0.5, 0.6) is 5.75 Å². The molecule has 2 aromatic carbocycles. The molecule has 1 saturated heterocycles. The fourth-order valence-corrected chi connectivity index (χ4v) is 6.80. The average molecular weight is 497 g/mol. The minimum atomic E-state index is -3.76. The zero-order valence-electron chi connectivity index (χ0n) is 17.7. The van der Waals surface area contributed by atoms with Crippen LogP contribution >= 0.6 is 23.4 Å². The summed E-state index contributed by atoms with van der Waals surface area (Å²) in [5.74, 6) is 0.991. The van der Waals surface area contributed by atoms with Gasteiger partial charge < -0.3 is 14.8 Å². The first-order valence-electron chi connectivity index (χ1n) is 10.3. The number of fused-ring (bicyclic) bond motifs is 1. The summed E-state index contributed by atoms with van der Waals surface area (Å²) in [4.78, 5) is 14.0. The van der Waals surface area contributed by atoms with Gasteiger partial charge in [0.1, 0.15) is 10.6 Å². The first kappa shape index (κ1) is 23.4. The van der Waals surface area contributed by atoms with Crippen LogP contribution in [0, 0.1) is 0 Å². The molecule has 10 heteroatoms. The number of ether oxygens (including phenoxy) is 2. The van der Waals surface area contributed by atoms with Crippen LogP contribution in [0.4, 0.5) is 0 Å². The molecule has 2 aromatic rings. The lowest BCUT2D eigenvalue weighted by molar-refractivity contribution is -0.121. The summed E-state index contributed by atoms with van der Waals surface area (Å²) in [5.41, 5.74) is 1.62. The molecular formula is C22H25ClN2O5S2. The van der Waals surface area contributed by atoms with Crippen LogP contribution in [-0.4, -0.2) is 57.8 Å². The molecule has 2 aliphatic rings. The number of hydrogen-bond acceptors (Lipinski definition) is 6. The quantitative estimate of drug-likeness (QED) is 0.660. The zero-order valence-corrected chi connectivity index (χ0v) is 20.1. The number of thioether (sulfide) groups is 1. The second kappa shape index (κ2) is 10.0. The van der Waals surface area contributed by atoms with Crippen LogP contribution in [0.2, 0.25) is 5.02 Å². The summed E-state index contributed by atoms with van der Waals surface area (Å²) in [7, 11) is -2.32. The van der Waals surface area contributed by atoms with Gasteiger partial charge in [0.15, 0.2) is 0 Å². The largest absolute Gasteiger partial charge is 0.495 e. The lowest BCUT2D eigenvalue weighted by Gasteiger charge is -2.27. The number of carbonyl (C=O) groups excluding carboxylic acids is 1. The third kappa shape index (κ3) is 5.07. The Balaban J connectivity index is 1.52. The number of carbonyl (C=O) groups is 1. The predicted octanol–water partition coefficient (Wildman–Crippen LogP) is 3.27. The van der Waals surface area contributed by atoms with E-state index in [1.54, 1.807) is 23.9 Å². The molecule has 0 saturated carbocycles. The van der Waals surface area contributed by atoms with Gasteiger partial charge in [-0.05, 0) is 47.9 Å². The first-order chi connectivity index (χ1) is 15.4. The van der Waals surface area contributed by atoms with Crippen molar-refractivity contribution in [3.05, 3.63) is 52.5 Å². The lowest BCUT2D eigenvalue weighted by atomic mass is 10.0. The van der Waals surface area contributed by atoms with Crippen molar-refractivity contribution in [1.82, 2.24) is 9.62 Å². The maximum absolute atomic E-state index is 13.2. The summed E-state index contributed by atoms with van der Waals surface area (Å²) in [6.45, 7) is 1.29. The molecule has 1 N–H and O–H groups in total. The van der Waals surface area contributed by atoms with Gasteiger partial charge >= 0.3 is 0 Å². The Hall–Kier alpha value is -1.78. The molecule has 4 rings (SSSR count). The van der Waals surface area contributed by atoms with E-state index in [0.717, 1.165) is 22.6 Å². The van der Waals surface area contributed by atoms with Gasteiger partial charge in [-0.15, -0.1) is 11.8 Å². The molecule has 1 fully saturated rings. The van der Waals surface area contributed by atoms with Crippen molar-refractivity contribution >= 4 is 39.3 Å². The van der Waals surface area contributed by atoms with Crippen molar-refractivity contribution in [2.75, 3.05) is 39.2 Å². The molecule has 1 amide bonds. The number of methoxy groups -OCH3 is 1. The van der Waals surface area contributed by atoms with Gasteiger partial charge in [-0.3, -0.25) is 4.79 Å². The molecule has 2 aliphatic heterocycles. The number of morpholine rings is 1. The van der Waals surface area contributed by atoms with E-state index < -0.39 is 10.0 Å². The third-order valence-electron chi connectivity index (χ3n) is 5.53. The Morgan fingerprint density at radius 3 is 2.78 bits per heavy atom. The number of nitrogens with one attached hydrogen (secondary N) is 1. The molecule has 0 spiro atoms. The van der Waals surface area contributed by atoms with Crippen LogP contribution in [-0.2, 0) is 26.0 Å². The summed E-state index contributed by atoms with van der Waals surface area (Å²) >= 11 is 7.91. The number of benzene rings is 2. The molecular weight excluding hydrogens is 472 g/mol. The van der Waals surface area contributed by atoms with Gasteiger partial charge in [0, 0.05) is 28.8 Å². The van der Waals surface area contributed by atoms with Crippen LogP contribution in [0.25, 0.3) is 0 Å². The van der Waals surface area contributed by atoms with Crippen molar-refractivity contribution in [3.63, 3.8) is 0 Å². The Kier molecular flexibility index (Phi) is 7.31. The Morgan fingerprint density at radius 1 is 1.25 bits per heavy atom. The van der Waals surface area contributed by atoms with E-state index in [-0.39, 0.29) is 42.1 Å². The van der Waals surface area contributed by atoms with E-state index in [1.807, 2.05) is 18.2 Å². The molecule has 0 aromatic heterocycles.